The molecule has 0 saturated heterocycles. The first-order valence-electron chi connectivity index (χ1n) is 7.42. The van der Waals surface area contributed by atoms with E-state index >= 15 is 0 Å². The zero-order chi connectivity index (χ0) is 18.7. The van der Waals surface area contributed by atoms with E-state index < -0.39 is 10.2 Å². The molecule has 0 spiro atoms. The number of carbonyl (C=O) groups is 1. The lowest BCUT2D eigenvalue weighted by Gasteiger charge is -2.11. The maximum Gasteiger partial charge on any atom is 0.271 e. The molecule has 0 aliphatic rings. The molecule has 1 amide bonds. The van der Waals surface area contributed by atoms with Crippen LogP contribution in [0, 0.1) is 10.1 Å². The number of nitrogens with zero attached hydrogens (tertiary/aromatic N) is 4. The van der Waals surface area contributed by atoms with Crippen molar-refractivity contribution in [1.29, 1.82) is 0 Å². The Morgan fingerprint density at radius 1 is 1.38 bits per heavy atom. The number of nitro groups is 1. The van der Waals surface area contributed by atoms with Crippen LogP contribution >= 0.6 is 23.1 Å². The topological polar surface area (TPSA) is 129 Å². The van der Waals surface area contributed by atoms with Crippen LogP contribution in [0.1, 0.15) is 6.92 Å². The molecular weight excluding hydrogens is 376 g/mol. The molecule has 9 nitrogen and oxygen atoms in total. The maximum absolute atomic E-state index is 12.3. The molecule has 0 radical (unpaired) electrons. The second-order valence-electron chi connectivity index (χ2n) is 5.21. The molecule has 1 aromatic carbocycles. The number of nitrogens with one attached hydrogen (secondary N) is 1. The van der Waals surface area contributed by atoms with Gasteiger partial charge in [0.1, 0.15) is 0 Å². The van der Waals surface area contributed by atoms with Crippen molar-refractivity contribution in [2.45, 2.75) is 17.3 Å². The maximum atomic E-state index is 12.3. The van der Waals surface area contributed by atoms with Gasteiger partial charge >= 0.3 is 0 Å². The molecule has 0 aliphatic heterocycles. The van der Waals surface area contributed by atoms with E-state index in [1.165, 1.54) is 34.2 Å². The Hall–Kier alpha value is -2.92. The van der Waals surface area contributed by atoms with Gasteiger partial charge < -0.3 is 11.2 Å². The second kappa shape index (κ2) is 7.54. The number of hydrogen-bond donors (Lipinski definition) is 2. The third kappa shape index (κ3) is 3.83. The van der Waals surface area contributed by atoms with Gasteiger partial charge in [-0.15, -0.1) is 21.5 Å². The summed E-state index contributed by atoms with van der Waals surface area (Å²) in [5.41, 5.74) is 0.260. The van der Waals surface area contributed by atoms with Crippen molar-refractivity contribution in [1.82, 2.24) is 14.9 Å². The van der Waals surface area contributed by atoms with Crippen molar-refractivity contribution in [2.75, 3.05) is 11.2 Å². The number of non-ortho nitro benzene ring substituents is 1. The summed E-state index contributed by atoms with van der Waals surface area (Å²) in [5.74, 6) is 6.22. The highest BCUT2D eigenvalue weighted by atomic mass is 32.2. The molecule has 0 bridgehead atoms. The van der Waals surface area contributed by atoms with Crippen molar-refractivity contribution >= 4 is 40.4 Å². The van der Waals surface area contributed by atoms with Crippen molar-refractivity contribution in [3.05, 3.63) is 51.9 Å². The Morgan fingerprint density at radius 3 is 2.88 bits per heavy atom. The Bertz CT molecular complexity index is 941. The lowest BCUT2D eigenvalue weighted by Crippen LogP contribution is -2.23. The minimum absolute atomic E-state index is 0.0922. The van der Waals surface area contributed by atoms with Gasteiger partial charge in [0.25, 0.3) is 5.69 Å². The summed E-state index contributed by atoms with van der Waals surface area (Å²) in [6, 6.07) is 9.52. The van der Waals surface area contributed by atoms with Crippen LogP contribution in [0.4, 0.5) is 11.4 Å². The van der Waals surface area contributed by atoms with E-state index in [1.807, 2.05) is 17.5 Å². The largest absolute Gasteiger partial charge is 0.335 e. The molecular formula is C15H14N6O3S2. The first-order valence-corrected chi connectivity index (χ1v) is 9.18. The van der Waals surface area contributed by atoms with E-state index in [4.69, 9.17) is 5.84 Å². The number of hydrogen-bond acceptors (Lipinski definition) is 8. The third-order valence-corrected chi connectivity index (χ3v) is 5.30. The van der Waals surface area contributed by atoms with Crippen molar-refractivity contribution in [2.24, 2.45) is 0 Å². The SMILES string of the molecule is CC(Sc1nnc(-c2cccs2)n1N)C(=O)Nc1cccc([N+](=O)[O-])c1. The summed E-state index contributed by atoms with van der Waals surface area (Å²) in [6.45, 7) is 1.69. The lowest BCUT2D eigenvalue weighted by atomic mass is 10.2. The molecule has 1 unspecified atom stereocenters. The number of anilines is 1. The van der Waals surface area contributed by atoms with Gasteiger partial charge in [0, 0.05) is 17.8 Å². The van der Waals surface area contributed by atoms with Crippen molar-refractivity contribution < 1.29 is 9.72 Å². The van der Waals surface area contributed by atoms with E-state index in [-0.39, 0.29) is 11.6 Å². The van der Waals surface area contributed by atoms with Gasteiger partial charge in [0.2, 0.25) is 11.1 Å². The monoisotopic (exact) mass is 390 g/mol. The molecule has 134 valence electrons. The van der Waals surface area contributed by atoms with Crippen LogP contribution in [0.25, 0.3) is 10.7 Å². The fraction of sp³-hybridized carbons (Fsp3) is 0.133. The first kappa shape index (κ1) is 17.9. The second-order valence-corrected chi connectivity index (χ2v) is 7.47. The van der Waals surface area contributed by atoms with Crippen LogP contribution in [-0.4, -0.2) is 31.0 Å². The number of carbonyl (C=O) groups excluding carboxylic acids is 1. The summed E-state index contributed by atoms with van der Waals surface area (Å²) in [4.78, 5) is 23.5. The molecule has 1 atom stereocenters. The zero-order valence-electron chi connectivity index (χ0n) is 13.5. The minimum atomic E-state index is -0.531. The van der Waals surface area contributed by atoms with Gasteiger partial charge in [-0.2, -0.15) is 0 Å². The van der Waals surface area contributed by atoms with E-state index in [0.29, 0.717) is 16.7 Å². The van der Waals surface area contributed by atoms with E-state index in [9.17, 15) is 14.9 Å². The van der Waals surface area contributed by atoms with Gasteiger partial charge in [-0.1, -0.05) is 23.9 Å². The molecule has 2 aromatic heterocycles. The number of benzene rings is 1. The fourth-order valence-corrected chi connectivity index (χ4v) is 3.56. The van der Waals surface area contributed by atoms with E-state index in [0.717, 1.165) is 16.6 Å². The number of nitro benzene ring substituents is 1. The molecule has 0 saturated carbocycles. The first-order chi connectivity index (χ1) is 12.5. The Kier molecular flexibility index (Phi) is 5.19. The Labute approximate surface area is 156 Å². The molecule has 2 heterocycles. The number of aromatic nitrogens is 3. The predicted octanol–water partition coefficient (Wildman–Crippen LogP) is 2.75. The molecule has 11 heteroatoms. The number of rotatable bonds is 6. The van der Waals surface area contributed by atoms with Crippen LogP contribution in [-0.2, 0) is 4.79 Å². The van der Waals surface area contributed by atoms with Gasteiger partial charge in [0.05, 0.1) is 15.1 Å². The number of nitrogens with two attached hydrogens (primary N) is 1. The lowest BCUT2D eigenvalue weighted by molar-refractivity contribution is -0.384. The molecule has 0 fully saturated rings. The van der Waals surface area contributed by atoms with Crippen LogP contribution < -0.4 is 11.2 Å². The van der Waals surface area contributed by atoms with Crippen molar-refractivity contribution in [3.8, 4) is 10.7 Å². The quantitative estimate of drug-likeness (QED) is 0.286. The van der Waals surface area contributed by atoms with Gasteiger partial charge in [-0.05, 0) is 24.4 Å². The van der Waals surface area contributed by atoms with Crippen molar-refractivity contribution in [3.63, 3.8) is 0 Å². The third-order valence-electron chi connectivity index (χ3n) is 3.38. The van der Waals surface area contributed by atoms with E-state index in [2.05, 4.69) is 15.5 Å². The summed E-state index contributed by atoms with van der Waals surface area (Å²) in [7, 11) is 0. The van der Waals surface area contributed by atoms with Crippen LogP contribution in [0.15, 0.2) is 46.9 Å². The molecule has 0 aliphatic carbocycles. The smallest absolute Gasteiger partial charge is 0.271 e. The average Bonchev–Trinajstić information content (AvgIpc) is 3.25. The summed E-state index contributed by atoms with van der Waals surface area (Å²) < 4.78 is 1.34. The minimum Gasteiger partial charge on any atom is -0.335 e. The molecule has 3 N–H and O–H groups in total. The number of amides is 1. The number of thioether (sulfide) groups is 1. The van der Waals surface area contributed by atoms with E-state index in [1.54, 1.807) is 13.0 Å². The highest BCUT2D eigenvalue weighted by molar-refractivity contribution is 8.00. The standard InChI is InChI=1S/C15H14N6O3S2/c1-9(14(22)17-10-4-2-5-11(8-10)21(23)24)26-15-19-18-13(20(15)16)12-6-3-7-25-12/h2-9H,16H2,1H3,(H,17,22). The number of nitrogen functional groups attached to an aromatic ring is 1. The average molecular weight is 390 g/mol. The summed E-state index contributed by atoms with van der Waals surface area (Å²) in [6.07, 6.45) is 0. The summed E-state index contributed by atoms with van der Waals surface area (Å²) >= 11 is 2.64. The summed E-state index contributed by atoms with van der Waals surface area (Å²) in [5, 5.41) is 23.3. The molecule has 3 aromatic rings. The predicted molar refractivity (Wildman–Crippen MR) is 101 cm³/mol. The van der Waals surface area contributed by atoms with Crippen LogP contribution in [0.2, 0.25) is 0 Å². The normalized spacial score (nSPS) is 11.9. The Morgan fingerprint density at radius 2 is 2.19 bits per heavy atom. The highest BCUT2D eigenvalue weighted by Crippen LogP contribution is 2.27. The molecule has 26 heavy (non-hydrogen) atoms. The van der Waals surface area contributed by atoms with Crippen LogP contribution in [0.5, 0.6) is 0 Å². The van der Waals surface area contributed by atoms with Crippen LogP contribution in [0.3, 0.4) is 0 Å². The fourth-order valence-electron chi connectivity index (χ4n) is 2.08. The van der Waals surface area contributed by atoms with Gasteiger partial charge in [-0.25, -0.2) is 4.68 Å². The van der Waals surface area contributed by atoms with Gasteiger partial charge in [-0.3, -0.25) is 14.9 Å². The molecule has 3 rings (SSSR count). The highest BCUT2D eigenvalue weighted by Gasteiger charge is 2.20. The number of thiophene rings is 1. The Balaban J connectivity index is 1.68. The zero-order valence-corrected chi connectivity index (χ0v) is 15.2. The van der Waals surface area contributed by atoms with Gasteiger partial charge in [0.15, 0.2) is 5.82 Å².